The first-order chi connectivity index (χ1) is 5.16. The first-order valence-corrected chi connectivity index (χ1v) is 4.24. The van der Waals surface area contributed by atoms with E-state index in [0.717, 1.165) is 0 Å². The number of carbonyl (C=O) groups excluding carboxylic acids is 1. The summed E-state index contributed by atoms with van der Waals surface area (Å²) < 4.78 is 0.491. The maximum atomic E-state index is 10.3. The fourth-order valence-corrected chi connectivity index (χ4v) is 1.56. The van der Waals surface area contributed by atoms with E-state index in [-0.39, 0.29) is 10.8 Å². The average molecular weight is 282 g/mol. The third kappa shape index (κ3) is 1.65. The Bertz CT molecular complexity index is 299. The van der Waals surface area contributed by atoms with E-state index in [0.29, 0.717) is 15.4 Å². The Kier molecular flexibility index (Phi) is 2.72. The van der Waals surface area contributed by atoms with Gasteiger partial charge in [-0.05, 0) is 34.7 Å². The van der Waals surface area contributed by atoms with Gasteiger partial charge in [0.1, 0.15) is 5.75 Å². The van der Waals surface area contributed by atoms with Crippen molar-refractivity contribution in [3.05, 3.63) is 26.3 Å². The Morgan fingerprint density at radius 2 is 2.18 bits per heavy atom. The Morgan fingerprint density at radius 3 is 2.73 bits per heavy atom. The zero-order valence-corrected chi connectivity index (χ0v) is 8.26. The molecule has 0 spiro atoms. The van der Waals surface area contributed by atoms with Crippen LogP contribution >= 0.6 is 34.2 Å². The minimum Gasteiger partial charge on any atom is -0.505 e. The number of halogens is 2. The maximum Gasteiger partial charge on any atom is 0.151 e. The Morgan fingerprint density at radius 1 is 1.55 bits per heavy atom. The van der Waals surface area contributed by atoms with Gasteiger partial charge in [0.25, 0.3) is 0 Å². The summed E-state index contributed by atoms with van der Waals surface area (Å²) in [4.78, 5) is 10.3. The predicted molar refractivity (Wildman–Crippen MR) is 51.2 cm³/mol. The first-order valence-electron chi connectivity index (χ1n) is 2.79. The zero-order valence-electron chi connectivity index (χ0n) is 5.34. The van der Waals surface area contributed by atoms with Gasteiger partial charge in [0, 0.05) is 5.56 Å². The number of hydrogen-bond donors (Lipinski definition) is 1. The lowest BCUT2D eigenvalue weighted by molar-refractivity contribution is 0.112. The third-order valence-corrected chi connectivity index (χ3v) is 2.66. The van der Waals surface area contributed by atoms with Crippen molar-refractivity contribution in [1.29, 1.82) is 0 Å². The monoisotopic (exact) mass is 282 g/mol. The molecule has 0 saturated heterocycles. The summed E-state index contributed by atoms with van der Waals surface area (Å²) in [5, 5.41) is 9.48. The molecule has 0 heterocycles. The summed E-state index contributed by atoms with van der Waals surface area (Å²) in [7, 11) is 0. The third-order valence-electron chi connectivity index (χ3n) is 1.22. The second kappa shape index (κ2) is 3.40. The fourth-order valence-electron chi connectivity index (χ4n) is 0.648. The van der Waals surface area contributed by atoms with Crippen molar-refractivity contribution >= 4 is 40.5 Å². The van der Waals surface area contributed by atoms with Crippen LogP contribution < -0.4 is 0 Å². The summed E-state index contributed by atoms with van der Waals surface area (Å²) in [5.74, 6) is -0.0307. The largest absolute Gasteiger partial charge is 0.505 e. The molecular weight excluding hydrogens is 278 g/mol. The molecule has 0 aliphatic heterocycles. The van der Waals surface area contributed by atoms with Crippen molar-refractivity contribution < 1.29 is 9.90 Å². The minimum absolute atomic E-state index is 0.0307. The van der Waals surface area contributed by atoms with Crippen LogP contribution in [-0.4, -0.2) is 11.4 Å². The van der Waals surface area contributed by atoms with E-state index >= 15 is 0 Å². The van der Waals surface area contributed by atoms with Crippen LogP contribution in [0.2, 0.25) is 5.02 Å². The molecule has 0 aliphatic carbocycles. The Balaban J connectivity index is 3.36. The standard InChI is InChI=1S/C7H4ClIO2/c8-5-2-1-4(3-10)6(9)7(5)11/h1-3,11H. The smallest absolute Gasteiger partial charge is 0.151 e. The molecule has 4 heteroatoms. The molecule has 1 aromatic carbocycles. The van der Waals surface area contributed by atoms with Crippen molar-refractivity contribution in [1.82, 2.24) is 0 Å². The Labute approximate surface area is 82.3 Å². The molecule has 0 radical (unpaired) electrons. The summed E-state index contributed by atoms with van der Waals surface area (Å²) >= 11 is 7.44. The van der Waals surface area contributed by atoms with Gasteiger partial charge < -0.3 is 5.11 Å². The number of carbonyl (C=O) groups is 1. The molecule has 1 N–H and O–H groups in total. The highest BCUT2D eigenvalue weighted by atomic mass is 127. The number of phenols is 1. The summed E-state index contributed by atoms with van der Waals surface area (Å²) in [5.41, 5.74) is 0.451. The van der Waals surface area contributed by atoms with Gasteiger partial charge >= 0.3 is 0 Å². The highest BCUT2D eigenvalue weighted by molar-refractivity contribution is 14.1. The Hall–Kier alpha value is -0.290. The van der Waals surface area contributed by atoms with Crippen LogP contribution in [-0.2, 0) is 0 Å². The average Bonchev–Trinajstić information content (AvgIpc) is 2.01. The maximum absolute atomic E-state index is 10.3. The van der Waals surface area contributed by atoms with Gasteiger partial charge in [-0.1, -0.05) is 11.6 Å². The molecular formula is C7H4ClIO2. The van der Waals surface area contributed by atoms with Gasteiger partial charge in [0.2, 0.25) is 0 Å². The summed E-state index contributed by atoms with van der Waals surface area (Å²) in [6.07, 6.45) is 0.678. The lowest BCUT2D eigenvalue weighted by Gasteiger charge is -2.00. The first kappa shape index (κ1) is 8.80. The molecule has 0 atom stereocenters. The predicted octanol–water partition coefficient (Wildman–Crippen LogP) is 2.46. The molecule has 0 fully saturated rings. The topological polar surface area (TPSA) is 37.3 Å². The van der Waals surface area contributed by atoms with Crippen molar-refractivity contribution in [2.45, 2.75) is 0 Å². The molecule has 1 aromatic rings. The second-order valence-corrected chi connectivity index (χ2v) is 3.40. The number of rotatable bonds is 1. The van der Waals surface area contributed by atoms with Gasteiger partial charge in [-0.3, -0.25) is 4.79 Å². The van der Waals surface area contributed by atoms with Gasteiger partial charge in [0.15, 0.2) is 6.29 Å². The second-order valence-electron chi connectivity index (χ2n) is 1.92. The molecule has 2 nitrogen and oxygen atoms in total. The van der Waals surface area contributed by atoms with Crippen molar-refractivity contribution in [2.24, 2.45) is 0 Å². The lowest BCUT2D eigenvalue weighted by atomic mass is 10.2. The van der Waals surface area contributed by atoms with Gasteiger partial charge in [-0.15, -0.1) is 0 Å². The van der Waals surface area contributed by atoms with Crippen LogP contribution in [0.4, 0.5) is 0 Å². The number of phenolic OH excluding ortho intramolecular Hbond substituents is 1. The van der Waals surface area contributed by atoms with Crippen LogP contribution in [0.15, 0.2) is 12.1 Å². The van der Waals surface area contributed by atoms with Crippen LogP contribution in [0, 0.1) is 3.57 Å². The number of hydrogen-bond acceptors (Lipinski definition) is 2. The van der Waals surface area contributed by atoms with Gasteiger partial charge in [0.05, 0.1) is 8.59 Å². The van der Waals surface area contributed by atoms with E-state index in [9.17, 15) is 9.90 Å². The van der Waals surface area contributed by atoms with E-state index in [1.807, 2.05) is 22.6 Å². The molecule has 0 aromatic heterocycles. The SMILES string of the molecule is O=Cc1ccc(Cl)c(O)c1I. The van der Waals surface area contributed by atoms with Crippen LogP contribution in [0.1, 0.15) is 10.4 Å². The van der Waals surface area contributed by atoms with E-state index in [2.05, 4.69) is 0 Å². The highest BCUT2D eigenvalue weighted by Crippen LogP contribution is 2.30. The van der Waals surface area contributed by atoms with Gasteiger partial charge in [-0.2, -0.15) is 0 Å². The zero-order chi connectivity index (χ0) is 8.43. The van der Waals surface area contributed by atoms with E-state index in [1.165, 1.54) is 6.07 Å². The number of aldehydes is 1. The van der Waals surface area contributed by atoms with Crippen molar-refractivity contribution in [2.75, 3.05) is 0 Å². The quantitative estimate of drug-likeness (QED) is 0.634. The normalized spacial score (nSPS) is 9.64. The lowest BCUT2D eigenvalue weighted by Crippen LogP contribution is -1.85. The van der Waals surface area contributed by atoms with E-state index < -0.39 is 0 Å². The minimum atomic E-state index is -0.0307. The number of benzene rings is 1. The molecule has 0 bridgehead atoms. The molecule has 0 amide bonds. The highest BCUT2D eigenvalue weighted by Gasteiger charge is 2.06. The van der Waals surface area contributed by atoms with Gasteiger partial charge in [-0.25, -0.2) is 0 Å². The molecule has 0 aliphatic rings. The molecule has 1 rings (SSSR count). The molecule has 0 unspecified atom stereocenters. The molecule has 58 valence electrons. The molecule has 11 heavy (non-hydrogen) atoms. The summed E-state index contributed by atoms with van der Waals surface area (Å²) in [6.45, 7) is 0. The van der Waals surface area contributed by atoms with Crippen LogP contribution in [0.25, 0.3) is 0 Å². The van der Waals surface area contributed by atoms with E-state index in [4.69, 9.17) is 11.6 Å². The molecule has 0 saturated carbocycles. The van der Waals surface area contributed by atoms with Crippen molar-refractivity contribution in [3.8, 4) is 5.75 Å². The number of aromatic hydroxyl groups is 1. The van der Waals surface area contributed by atoms with E-state index in [1.54, 1.807) is 6.07 Å². The fraction of sp³-hybridized carbons (Fsp3) is 0. The van der Waals surface area contributed by atoms with Crippen LogP contribution in [0.5, 0.6) is 5.75 Å². The summed E-state index contributed by atoms with van der Waals surface area (Å²) in [6, 6.07) is 3.06. The van der Waals surface area contributed by atoms with Crippen LogP contribution in [0.3, 0.4) is 0 Å². The van der Waals surface area contributed by atoms with Crippen molar-refractivity contribution in [3.63, 3.8) is 0 Å².